The number of benzene rings is 1. The van der Waals surface area contributed by atoms with Crippen LogP contribution in [0, 0.1) is 0 Å². The molecular weight excluding hydrogens is 396 g/mol. The van der Waals surface area contributed by atoms with Crippen LogP contribution >= 0.6 is 0 Å². The van der Waals surface area contributed by atoms with Gasteiger partial charge in [0.05, 0.1) is 38.9 Å². The van der Waals surface area contributed by atoms with Crippen LogP contribution in [0.3, 0.4) is 0 Å². The number of carbonyl (C=O) groups is 1. The lowest BCUT2D eigenvalue weighted by molar-refractivity contribution is -0.117. The lowest BCUT2D eigenvalue weighted by Gasteiger charge is -2.28. The summed E-state index contributed by atoms with van der Waals surface area (Å²) < 4.78 is 40.2. The minimum Gasteiger partial charge on any atom is -0.493 e. The number of sulfone groups is 1. The van der Waals surface area contributed by atoms with E-state index in [4.69, 9.17) is 14.2 Å². The summed E-state index contributed by atoms with van der Waals surface area (Å²) in [6.07, 6.45) is 5.16. The van der Waals surface area contributed by atoms with Crippen molar-refractivity contribution in [3.05, 3.63) is 23.8 Å². The van der Waals surface area contributed by atoms with Gasteiger partial charge in [-0.05, 0) is 49.7 Å². The summed E-state index contributed by atoms with van der Waals surface area (Å²) in [5, 5.41) is 2.88. The minimum absolute atomic E-state index is 0.0159. The second-order valence-corrected chi connectivity index (χ2v) is 9.45. The zero-order valence-electron chi connectivity index (χ0n) is 17.0. The van der Waals surface area contributed by atoms with Gasteiger partial charge in [-0.2, -0.15) is 0 Å². The van der Waals surface area contributed by atoms with E-state index in [1.165, 1.54) is 27.4 Å². The molecule has 0 aromatic heterocycles. The number of amides is 1. The summed E-state index contributed by atoms with van der Waals surface area (Å²) in [5.41, 5.74) is 0.699. The standard InChI is InChI=1S/C20H28N2O6S/c1-26-17-10-14(11-18(27-2)20(17)28-3)6-7-19(23)21-15-12-29(24,25)13-16(15)22-8-4-5-9-22/h6-7,10-11,15-16H,4-5,8-9,12-13H2,1-3H3,(H,21,23)/b7-6+. The quantitative estimate of drug-likeness (QED) is 0.655. The van der Waals surface area contributed by atoms with Crippen LogP contribution in [0.1, 0.15) is 18.4 Å². The highest BCUT2D eigenvalue weighted by Gasteiger charge is 2.42. The van der Waals surface area contributed by atoms with Crippen LogP contribution < -0.4 is 19.5 Å². The SMILES string of the molecule is COc1cc(/C=C/C(=O)NC2CS(=O)(=O)CC2N2CCCC2)cc(OC)c1OC. The second-order valence-electron chi connectivity index (χ2n) is 7.29. The van der Waals surface area contributed by atoms with Crippen LogP contribution in [0.25, 0.3) is 6.08 Å². The third kappa shape index (κ3) is 5.02. The topological polar surface area (TPSA) is 94.2 Å². The van der Waals surface area contributed by atoms with Gasteiger partial charge >= 0.3 is 0 Å². The van der Waals surface area contributed by atoms with E-state index >= 15 is 0 Å². The summed E-state index contributed by atoms with van der Waals surface area (Å²) in [7, 11) is 1.42. The van der Waals surface area contributed by atoms with Gasteiger partial charge in [0.2, 0.25) is 11.7 Å². The maximum absolute atomic E-state index is 12.5. The number of hydrogen-bond acceptors (Lipinski definition) is 7. The van der Waals surface area contributed by atoms with Crippen LogP contribution in [0.15, 0.2) is 18.2 Å². The molecule has 9 heteroatoms. The Hall–Kier alpha value is -2.26. The van der Waals surface area contributed by atoms with Gasteiger partial charge in [0.15, 0.2) is 21.3 Å². The fourth-order valence-corrected chi connectivity index (χ4v) is 5.95. The highest BCUT2D eigenvalue weighted by atomic mass is 32.2. The molecule has 0 saturated carbocycles. The van der Waals surface area contributed by atoms with E-state index in [-0.39, 0.29) is 23.5 Å². The lowest BCUT2D eigenvalue weighted by atomic mass is 10.1. The molecule has 2 saturated heterocycles. The normalized spacial score (nSPS) is 24.0. The summed E-state index contributed by atoms with van der Waals surface area (Å²) in [6, 6.07) is 2.92. The van der Waals surface area contributed by atoms with Crippen molar-refractivity contribution in [2.45, 2.75) is 24.9 Å². The highest BCUT2D eigenvalue weighted by molar-refractivity contribution is 7.91. The van der Waals surface area contributed by atoms with E-state index in [1.54, 1.807) is 18.2 Å². The van der Waals surface area contributed by atoms with Crippen molar-refractivity contribution in [1.82, 2.24) is 10.2 Å². The first-order valence-electron chi connectivity index (χ1n) is 9.60. The minimum atomic E-state index is -3.15. The molecule has 0 bridgehead atoms. The van der Waals surface area contributed by atoms with Gasteiger partial charge in [-0.1, -0.05) is 0 Å². The van der Waals surface area contributed by atoms with Gasteiger partial charge in [-0.3, -0.25) is 9.69 Å². The zero-order chi connectivity index (χ0) is 21.0. The number of rotatable bonds is 7. The van der Waals surface area contributed by atoms with E-state index in [0.29, 0.717) is 22.8 Å². The molecule has 8 nitrogen and oxygen atoms in total. The molecule has 1 amide bonds. The molecule has 160 valence electrons. The average molecular weight is 425 g/mol. The van der Waals surface area contributed by atoms with Gasteiger partial charge in [0.1, 0.15) is 0 Å². The third-order valence-electron chi connectivity index (χ3n) is 5.37. The predicted octanol–water partition coefficient (Wildman–Crippen LogP) is 1.10. The molecule has 1 aromatic carbocycles. The van der Waals surface area contributed by atoms with Gasteiger partial charge < -0.3 is 19.5 Å². The van der Waals surface area contributed by atoms with Crippen molar-refractivity contribution in [1.29, 1.82) is 0 Å². The first-order chi connectivity index (χ1) is 13.9. The van der Waals surface area contributed by atoms with Gasteiger partial charge in [0, 0.05) is 12.1 Å². The van der Waals surface area contributed by atoms with Crippen LogP contribution in [0.4, 0.5) is 0 Å². The first kappa shape index (κ1) is 21.4. The Balaban J connectivity index is 1.72. The predicted molar refractivity (Wildman–Crippen MR) is 110 cm³/mol. The van der Waals surface area contributed by atoms with Crippen molar-refractivity contribution in [3.63, 3.8) is 0 Å². The molecule has 29 heavy (non-hydrogen) atoms. The van der Waals surface area contributed by atoms with E-state index in [2.05, 4.69) is 10.2 Å². The van der Waals surface area contributed by atoms with Crippen molar-refractivity contribution >= 4 is 21.8 Å². The summed E-state index contributed by atoms with van der Waals surface area (Å²) >= 11 is 0. The van der Waals surface area contributed by atoms with E-state index in [0.717, 1.165) is 25.9 Å². The number of hydrogen-bond donors (Lipinski definition) is 1. The molecule has 2 atom stereocenters. The molecule has 0 radical (unpaired) electrons. The number of carbonyl (C=O) groups excluding carboxylic acids is 1. The molecular formula is C20H28N2O6S. The number of nitrogens with one attached hydrogen (secondary N) is 1. The Kier molecular flexibility index (Phi) is 6.69. The summed E-state index contributed by atoms with van der Waals surface area (Å²) in [5.74, 6) is 1.21. The summed E-state index contributed by atoms with van der Waals surface area (Å²) in [6.45, 7) is 1.77. The smallest absolute Gasteiger partial charge is 0.244 e. The molecule has 3 rings (SSSR count). The molecule has 1 N–H and O–H groups in total. The first-order valence-corrected chi connectivity index (χ1v) is 11.4. The number of methoxy groups -OCH3 is 3. The number of nitrogens with zero attached hydrogens (tertiary/aromatic N) is 1. The third-order valence-corrected chi connectivity index (χ3v) is 7.09. The fourth-order valence-electron chi connectivity index (χ4n) is 4.00. The Bertz CT molecular complexity index is 852. The van der Waals surface area contributed by atoms with Crippen molar-refractivity contribution in [2.75, 3.05) is 45.9 Å². The molecule has 2 heterocycles. The number of ether oxygens (including phenoxy) is 3. The van der Waals surface area contributed by atoms with E-state index in [1.807, 2.05) is 0 Å². The lowest BCUT2D eigenvalue weighted by Crippen LogP contribution is -2.49. The largest absolute Gasteiger partial charge is 0.493 e. The van der Waals surface area contributed by atoms with Gasteiger partial charge in [0.25, 0.3) is 0 Å². The Morgan fingerprint density at radius 1 is 1.07 bits per heavy atom. The molecule has 1 aromatic rings. The van der Waals surface area contributed by atoms with Crippen LogP contribution in [0.2, 0.25) is 0 Å². The summed E-state index contributed by atoms with van der Waals surface area (Å²) in [4.78, 5) is 14.7. The molecule has 2 unspecified atom stereocenters. The van der Waals surface area contributed by atoms with Crippen LogP contribution in [0.5, 0.6) is 17.2 Å². The zero-order valence-corrected chi connectivity index (χ0v) is 17.8. The maximum Gasteiger partial charge on any atom is 0.244 e. The van der Waals surface area contributed by atoms with Gasteiger partial charge in [-0.25, -0.2) is 8.42 Å². The molecule has 2 fully saturated rings. The van der Waals surface area contributed by atoms with Crippen LogP contribution in [-0.4, -0.2) is 77.2 Å². The highest BCUT2D eigenvalue weighted by Crippen LogP contribution is 2.38. The van der Waals surface area contributed by atoms with Crippen molar-refractivity contribution in [3.8, 4) is 17.2 Å². The second kappa shape index (κ2) is 9.04. The maximum atomic E-state index is 12.5. The van der Waals surface area contributed by atoms with E-state index < -0.39 is 15.9 Å². The Morgan fingerprint density at radius 3 is 2.24 bits per heavy atom. The Labute approximate surface area is 171 Å². The van der Waals surface area contributed by atoms with E-state index in [9.17, 15) is 13.2 Å². The van der Waals surface area contributed by atoms with Gasteiger partial charge in [-0.15, -0.1) is 0 Å². The molecule has 2 aliphatic rings. The molecule has 2 aliphatic heterocycles. The monoisotopic (exact) mass is 424 g/mol. The fraction of sp³-hybridized carbons (Fsp3) is 0.550. The molecule has 0 aliphatic carbocycles. The van der Waals surface area contributed by atoms with Crippen molar-refractivity contribution in [2.24, 2.45) is 0 Å². The Morgan fingerprint density at radius 2 is 1.69 bits per heavy atom. The van der Waals surface area contributed by atoms with Crippen molar-refractivity contribution < 1.29 is 27.4 Å². The number of likely N-dealkylation sites (tertiary alicyclic amines) is 1. The molecule has 0 spiro atoms. The van der Waals surface area contributed by atoms with Crippen LogP contribution in [-0.2, 0) is 14.6 Å². The average Bonchev–Trinajstić information content (AvgIpc) is 3.32.